The van der Waals surface area contributed by atoms with Crippen LogP contribution in [0.5, 0.6) is 0 Å². The number of rotatable bonds is 2. The molecule has 0 atom stereocenters. The normalized spacial score (nSPS) is 9.75. The summed E-state index contributed by atoms with van der Waals surface area (Å²) in [5.74, 6) is 0. The second-order valence-electron chi connectivity index (χ2n) is 3.07. The Hall–Kier alpha value is -2.12. The van der Waals surface area contributed by atoms with Gasteiger partial charge in [-0.25, -0.2) is 4.68 Å². The van der Waals surface area contributed by atoms with E-state index in [0.717, 1.165) is 0 Å². The lowest BCUT2D eigenvalue weighted by molar-refractivity contribution is 0.108. The summed E-state index contributed by atoms with van der Waals surface area (Å²) in [6.45, 7) is 0. The quantitative estimate of drug-likeness (QED) is 0.744. The molecule has 0 amide bonds. The van der Waals surface area contributed by atoms with Gasteiger partial charge < -0.3 is 0 Å². The van der Waals surface area contributed by atoms with Gasteiger partial charge in [0.2, 0.25) is 0 Å². The molecule has 0 spiro atoms. The van der Waals surface area contributed by atoms with E-state index in [0.29, 0.717) is 16.8 Å². The molecule has 5 heteroatoms. The number of carbonyl (C=O) groups is 1. The molecule has 0 saturated heterocycles. The number of nitriles is 1. The monoisotopic (exact) mass is 231 g/mol. The van der Waals surface area contributed by atoms with E-state index < -0.39 is 5.24 Å². The van der Waals surface area contributed by atoms with Crippen molar-refractivity contribution in [3.8, 4) is 11.8 Å². The third-order valence-corrected chi connectivity index (χ3v) is 2.31. The maximum atomic E-state index is 11.0. The minimum atomic E-state index is -0.558. The molecule has 0 aliphatic rings. The van der Waals surface area contributed by atoms with Gasteiger partial charge in [-0.2, -0.15) is 10.4 Å². The SMILES string of the molecule is N#Cc1ccc(C(=O)Cl)cc1-n1cccn1. The van der Waals surface area contributed by atoms with Gasteiger partial charge >= 0.3 is 0 Å². The van der Waals surface area contributed by atoms with Gasteiger partial charge in [-0.05, 0) is 35.9 Å². The molecule has 16 heavy (non-hydrogen) atoms. The Morgan fingerprint density at radius 2 is 2.31 bits per heavy atom. The first-order valence-electron chi connectivity index (χ1n) is 4.46. The van der Waals surface area contributed by atoms with Gasteiger partial charge in [0.15, 0.2) is 0 Å². The molecule has 0 fully saturated rings. The molecule has 0 radical (unpaired) electrons. The highest BCUT2D eigenvalue weighted by atomic mass is 35.5. The van der Waals surface area contributed by atoms with Crippen molar-refractivity contribution in [3.05, 3.63) is 47.8 Å². The Bertz CT molecular complexity index is 569. The Balaban J connectivity index is 2.62. The third kappa shape index (κ3) is 1.81. The predicted octanol–water partition coefficient (Wildman–Crippen LogP) is 2.12. The number of hydrogen-bond acceptors (Lipinski definition) is 3. The highest BCUT2D eigenvalue weighted by molar-refractivity contribution is 6.67. The van der Waals surface area contributed by atoms with Crippen LogP contribution in [0.1, 0.15) is 15.9 Å². The van der Waals surface area contributed by atoms with Crippen LogP contribution in [-0.2, 0) is 0 Å². The summed E-state index contributed by atoms with van der Waals surface area (Å²) in [7, 11) is 0. The molecule has 2 aromatic rings. The van der Waals surface area contributed by atoms with Gasteiger partial charge in [-0.15, -0.1) is 0 Å². The summed E-state index contributed by atoms with van der Waals surface area (Å²) in [5.41, 5.74) is 1.32. The molecule has 78 valence electrons. The van der Waals surface area contributed by atoms with Gasteiger partial charge in [-0.1, -0.05) is 0 Å². The molecule has 4 nitrogen and oxygen atoms in total. The van der Waals surface area contributed by atoms with Crippen LogP contribution in [0.2, 0.25) is 0 Å². The van der Waals surface area contributed by atoms with E-state index in [9.17, 15) is 4.79 Å². The van der Waals surface area contributed by atoms with Crippen LogP contribution < -0.4 is 0 Å². The standard InChI is InChI=1S/C11H6ClN3O/c12-11(16)8-2-3-9(7-13)10(6-8)15-5-1-4-14-15/h1-6H. The lowest BCUT2D eigenvalue weighted by Gasteiger charge is -2.04. The van der Waals surface area contributed by atoms with Gasteiger partial charge in [-0.3, -0.25) is 4.79 Å². The van der Waals surface area contributed by atoms with E-state index >= 15 is 0 Å². The first-order chi connectivity index (χ1) is 7.72. The molecular formula is C11H6ClN3O. The first kappa shape index (κ1) is 10.4. The second kappa shape index (κ2) is 4.17. The van der Waals surface area contributed by atoms with Crippen molar-refractivity contribution >= 4 is 16.8 Å². The lowest BCUT2D eigenvalue weighted by atomic mass is 10.1. The average molecular weight is 232 g/mol. The Labute approximate surface area is 96.7 Å². The van der Waals surface area contributed by atoms with Crippen molar-refractivity contribution in [2.45, 2.75) is 0 Å². The van der Waals surface area contributed by atoms with Crippen molar-refractivity contribution < 1.29 is 4.79 Å². The van der Waals surface area contributed by atoms with Crippen LogP contribution in [0, 0.1) is 11.3 Å². The maximum Gasteiger partial charge on any atom is 0.252 e. The van der Waals surface area contributed by atoms with Crippen molar-refractivity contribution in [2.75, 3.05) is 0 Å². The molecule has 0 aliphatic carbocycles. The summed E-state index contributed by atoms with van der Waals surface area (Å²) in [6, 6.07) is 8.37. The van der Waals surface area contributed by atoms with Gasteiger partial charge in [0, 0.05) is 18.0 Å². The van der Waals surface area contributed by atoms with Crippen molar-refractivity contribution in [1.82, 2.24) is 9.78 Å². The predicted molar refractivity (Wildman–Crippen MR) is 58.5 cm³/mol. The molecule has 0 N–H and O–H groups in total. The fourth-order valence-electron chi connectivity index (χ4n) is 1.35. The number of benzene rings is 1. The maximum absolute atomic E-state index is 11.0. The number of aromatic nitrogens is 2. The van der Waals surface area contributed by atoms with E-state index in [1.807, 2.05) is 6.07 Å². The van der Waals surface area contributed by atoms with Crippen LogP contribution in [0.15, 0.2) is 36.7 Å². The molecule has 0 aliphatic heterocycles. The summed E-state index contributed by atoms with van der Waals surface area (Å²) in [4.78, 5) is 11.0. The van der Waals surface area contributed by atoms with Gasteiger partial charge in [0.1, 0.15) is 6.07 Å². The largest absolute Gasteiger partial charge is 0.276 e. The molecule has 0 bridgehead atoms. The van der Waals surface area contributed by atoms with Gasteiger partial charge in [0.25, 0.3) is 5.24 Å². The van der Waals surface area contributed by atoms with Crippen LogP contribution in [-0.4, -0.2) is 15.0 Å². The van der Waals surface area contributed by atoms with E-state index in [-0.39, 0.29) is 0 Å². The minimum absolute atomic E-state index is 0.339. The highest BCUT2D eigenvalue weighted by Gasteiger charge is 2.09. The zero-order valence-corrected chi connectivity index (χ0v) is 8.85. The second-order valence-corrected chi connectivity index (χ2v) is 3.41. The summed E-state index contributed by atoms with van der Waals surface area (Å²) < 4.78 is 1.52. The lowest BCUT2D eigenvalue weighted by Crippen LogP contribution is -2.00. The third-order valence-electron chi connectivity index (χ3n) is 2.10. The molecular weight excluding hydrogens is 226 g/mol. The zero-order valence-electron chi connectivity index (χ0n) is 8.09. The van der Waals surface area contributed by atoms with Gasteiger partial charge in [0.05, 0.1) is 11.3 Å². The Kier molecular flexibility index (Phi) is 2.71. The van der Waals surface area contributed by atoms with E-state index in [4.69, 9.17) is 16.9 Å². The Morgan fingerprint density at radius 1 is 1.50 bits per heavy atom. The molecule has 1 aromatic carbocycles. The Morgan fingerprint density at radius 3 is 2.88 bits per heavy atom. The summed E-state index contributed by atoms with van der Waals surface area (Å²) >= 11 is 5.38. The van der Waals surface area contributed by atoms with Crippen molar-refractivity contribution in [1.29, 1.82) is 5.26 Å². The first-order valence-corrected chi connectivity index (χ1v) is 4.84. The van der Waals surface area contributed by atoms with E-state index in [1.165, 1.54) is 10.7 Å². The van der Waals surface area contributed by atoms with Crippen LogP contribution in [0.25, 0.3) is 5.69 Å². The molecule has 0 saturated carbocycles. The molecule has 0 unspecified atom stereocenters. The fourth-order valence-corrected chi connectivity index (χ4v) is 1.47. The number of nitrogens with zero attached hydrogens (tertiary/aromatic N) is 3. The molecule has 1 heterocycles. The van der Waals surface area contributed by atoms with Crippen LogP contribution >= 0.6 is 11.6 Å². The van der Waals surface area contributed by atoms with Crippen molar-refractivity contribution in [2.24, 2.45) is 0 Å². The number of halogens is 1. The van der Waals surface area contributed by atoms with Crippen LogP contribution in [0.3, 0.4) is 0 Å². The number of hydrogen-bond donors (Lipinski definition) is 0. The topological polar surface area (TPSA) is 58.7 Å². The molecule has 1 aromatic heterocycles. The highest BCUT2D eigenvalue weighted by Crippen LogP contribution is 2.16. The number of carbonyl (C=O) groups excluding carboxylic acids is 1. The fraction of sp³-hybridized carbons (Fsp3) is 0. The van der Waals surface area contributed by atoms with E-state index in [1.54, 1.807) is 30.6 Å². The van der Waals surface area contributed by atoms with Crippen molar-refractivity contribution in [3.63, 3.8) is 0 Å². The minimum Gasteiger partial charge on any atom is -0.276 e. The average Bonchev–Trinajstić information content (AvgIpc) is 2.81. The van der Waals surface area contributed by atoms with Crippen LogP contribution in [0.4, 0.5) is 0 Å². The smallest absolute Gasteiger partial charge is 0.252 e. The summed E-state index contributed by atoms with van der Waals surface area (Å²) in [5, 5.41) is 12.4. The zero-order chi connectivity index (χ0) is 11.5. The van der Waals surface area contributed by atoms with E-state index in [2.05, 4.69) is 5.10 Å². The molecule has 2 rings (SSSR count). The summed E-state index contributed by atoms with van der Waals surface area (Å²) in [6.07, 6.45) is 3.29.